The third-order valence-electron chi connectivity index (χ3n) is 3.93. The van der Waals surface area contributed by atoms with Gasteiger partial charge in [-0.25, -0.2) is 8.42 Å². The van der Waals surface area contributed by atoms with Crippen LogP contribution in [0, 0.1) is 11.3 Å². The number of hydrogen-bond acceptors (Lipinski definition) is 3. The fraction of sp³-hybridized carbons (Fsp3) is 1.00. The maximum atomic E-state index is 11.2. The average Bonchev–Trinajstić information content (AvgIpc) is 2.72. The fourth-order valence-electron chi connectivity index (χ4n) is 2.33. The van der Waals surface area contributed by atoms with Gasteiger partial charge >= 0.3 is 0 Å². The second-order valence-electron chi connectivity index (χ2n) is 5.72. The van der Waals surface area contributed by atoms with Crippen LogP contribution in [0.3, 0.4) is 0 Å². The molecule has 1 saturated carbocycles. The first-order chi connectivity index (χ1) is 6.89. The fourth-order valence-corrected chi connectivity index (χ4v) is 3.82. The van der Waals surface area contributed by atoms with E-state index in [4.69, 9.17) is 0 Å². The summed E-state index contributed by atoms with van der Waals surface area (Å²) in [6.07, 6.45) is 2.91. The Morgan fingerprint density at radius 1 is 1.27 bits per heavy atom. The molecular weight excluding hydrogens is 210 g/mol. The van der Waals surface area contributed by atoms with E-state index in [0.717, 1.165) is 25.3 Å². The average molecular weight is 231 g/mol. The van der Waals surface area contributed by atoms with Crippen molar-refractivity contribution in [3.63, 3.8) is 0 Å². The highest BCUT2D eigenvalue weighted by Crippen LogP contribution is 2.51. The van der Waals surface area contributed by atoms with Gasteiger partial charge in [-0.1, -0.05) is 13.8 Å². The summed E-state index contributed by atoms with van der Waals surface area (Å²) in [5.74, 6) is 1.55. The highest BCUT2D eigenvalue weighted by atomic mass is 32.2. The lowest BCUT2D eigenvalue weighted by atomic mass is 10.1. The second kappa shape index (κ2) is 3.74. The van der Waals surface area contributed by atoms with E-state index in [0.29, 0.717) is 23.0 Å². The van der Waals surface area contributed by atoms with Crippen molar-refractivity contribution in [2.24, 2.45) is 11.3 Å². The molecule has 15 heavy (non-hydrogen) atoms. The van der Waals surface area contributed by atoms with Crippen LogP contribution in [0.15, 0.2) is 0 Å². The molecule has 2 fully saturated rings. The number of rotatable bonds is 3. The third-order valence-corrected chi connectivity index (χ3v) is 5.64. The first kappa shape index (κ1) is 11.4. The monoisotopic (exact) mass is 231 g/mol. The Bertz CT molecular complexity index is 320. The van der Waals surface area contributed by atoms with Crippen molar-refractivity contribution in [2.75, 3.05) is 18.1 Å². The molecule has 0 amide bonds. The molecule has 0 radical (unpaired) electrons. The number of nitrogens with one attached hydrogen (secondary N) is 1. The molecule has 0 spiro atoms. The van der Waals surface area contributed by atoms with Gasteiger partial charge in [0.2, 0.25) is 0 Å². The minimum atomic E-state index is -2.70. The highest BCUT2D eigenvalue weighted by Gasteiger charge is 2.45. The van der Waals surface area contributed by atoms with Crippen LogP contribution in [0.5, 0.6) is 0 Å². The summed E-state index contributed by atoms with van der Waals surface area (Å²) in [5, 5.41) is 3.51. The SMILES string of the molecule is CC1(C)CC1CNC1CCS(=O)(=O)CC1. The molecule has 3 nitrogen and oxygen atoms in total. The summed E-state index contributed by atoms with van der Waals surface area (Å²) < 4.78 is 22.4. The van der Waals surface area contributed by atoms with Crippen LogP contribution in [-0.2, 0) is 9.84 Å². The Balaban J connectivity index is 1.70. The van der Waals surface area contributed by atoms with Crippen molar-refractivity contribution >= 4 is 9.84 Å². The van der Waals surface area contributed by atoms with E-state index in [1.165, 1.54) is 6.42 Å². The van der Waals surface area contributed by atoms with Crippen molar-refractivity contribution in [2.45, 2.75) is 39.2 Å². The van der Waals surface area contributed by atoms with E-state index in [-0.39, 0.29) is 0 Å². The van der Waals surface area contributed by atoms with Crippen molar-refractivity contribution in [3.8, 4) is 0 Å². The van der Waals surface area contributed by atoms with E-state index < -0.39 is 9.84 Å². The normalized spacial score (nSPS) is 33.9. The molecule has 1 heterocycles. The van der Waals surface area contributed by atoms with Crippen LogP contribution in [0.4, 0.5) is 0 Å². The van der Waals surface area contributed by atoms with Crippen molar-refractivity contribution in [1.29, 1.82) is 0 Å². The molecule has 2 rings (SSSR count). The van der Waals surface area contributed by atoms with Crippen LogP contribution in [0.1, 0.15) is 33.1 Å². The summed E-state index contributed by atoms with van der Waals surface area (Å²) in [4.78, 5) is 0. The van der Waals surface area contributed by atoms with Crippen molar-refractivity contribution in [3.05, 3.63) is 0 Å². The molecular formula is C11H21NO2S. The molecule has 1 saturated heterocycles. The molecule has 0 aromatic rings. The quantitative estimate of drug-likeness (QED) is 0.794. The zero-order valence-electron chi connectivity index (χ0n) is 9.62. The minimum absolute atomic E-state index is 0.374. The molecule has 1 aliphatic carbocycles. The molecule has 1 aliphatic heterocycles. The lowest BCUT2D eigenvalue weighted by Gasteiger charge is -2.23. The zero-order valence-corrected chi connectivity index (χ0v) is 10.4. The summed E-state index contributed by atoms with van der Waals surface area (Å²) >= 11 is 0. The molecule has 0 bridgehead atoms. The Hall–Kier alpha value is -0.0900. The third kappa shape index (κ3) is 2.94. The van der Waals surface area contributed by atoms with Gasteiger partial charge in [-0.15, -0.1) is 0 Å². The molecule has 1 unspecified atom stereocenters. The topological polar surface area (TPSA) is 46.2 Å². The van der Waals surface area contributed by atoms with Crippen molar-refractivity contribution < 1.29 is 8.42 Å². The molecule has 1 atom stereocenters. The van der Waals surface area contributed by atoms with Gasteiger partial charge in [0.15, 0.2) is 0 Å². The van der Waals surface area contributed by atoms with Crippen LogP contribution in [-0.4, -0.2) is 32.5 Å². The van der Waals surface area contributed by atoms with E-state index in [2.05, 4.69) is 19.2 Å². The van der Waals surface area contributed by atoms with Crippen LogP contribution in [0.2, 0.25) is 0 Å². The van der Waals surface area contributed by atoms with Gasteiger partial charge in [0, 0.05) is 6.04 Å². The van der Waals surface area contributed by atoms with Gasteiger partial charge in [-0.3, -0.25) is 0 Å². The smallest absolute Gasteiger partial charge is 0.150 e. The lowest BCUT2D eigenvalue weighted by Crippen LogP contribution is -2.38. The van der Waals surface area contributed by atoms with E-state index in [1.54, 1.807) is 0 Å². The number of hydrogen-bond donors (Lipinski definition) is 1. The molecule has 0 aromatic carbocycles. The van der Waals surface area contributed by atoms with Gasteiger partial charge in [0.1, 0.15) is 9.84 Å². The van der Waals surface area contributed by atoms with E-state index in [9.17, 15) is 8.42 Å². The Morgan fingerprint density at radius 2 is 1.80 bits per heavy atom. The summed E-state index contributed by atoms with van der Waals surface area (Å²) in [6.45, 7) is 5.66. The predicted octanol–water partition coefficient (Wildman–Crippen LogP) is 1.20. The first-order valence-electron chi connectivity index (χ1n) is 5.83. The zero-order chi connectivity index (χ0) is 11.1. The second-order valence-corrected chi connectivity index (χ2v) is 8.03. The van der Waals surface area contributed by atoms with Crippen LogP contribution < -0.4 is 5.32 Å². The van der Waals surface area contributed by atoms with E-state index >= 15 is 0 Å². The molecule has 0 aromatic heterocycles. The number of sulfone groups is 1. The van der Waals surface area contributed by atoms with Crippen LogP contribution >= 0.6 is 0 Å². The lowest BCUT2D eigenvalue weighted by molar-refractivity contribution is 0.431. The maximum absolute atomic E-state index is 11.2. The largest absolute Gasteiger partial charge is 0.314 e. The first-order valence-corrected chi connectivity index (χ1v) is 7.65. The Kier molecular flexibility index (Phi) is 2.84. The minimum Gasteiger partial charge on any atom is -0.314 e. The standard InChI is InChI=1S/C11H21NO2S/c1-11(2)7-9(11)8-12-10-3-5-15(13,14)6-4-10/h9-10,12H,3-8H2,1-2H3. The molecule has 2 aliphatic rings. The molecule has 1 N–H and O–H groups in total. The van der Waals surface area contributed by atoms with Gasteiger partial charge in [-0.05, 0) is 37.1 Å². The van der Waals surface area contributed by atoms with Gasteiger partial charge in [0.05, 0.1) is 11.5 Å². The van der Waals surface area contributed by atoms with Gasteiger partial charge < -0.3 is 5.32 Å². The molecule has 88 valence electrons. The van der Waals surface area contributed by atoms with Gasteiger partial charge in [-0.2, -0.15) is 0 Å². The maximum Gasteiger partial charge on any atom is 0.150 e. The predicted molar refractivity (Wildman–Crippen MR) is 61.6 cm³/mol. The Morgan fingerprint density at radius 3 is 2.27 bits per heavy atom. The van der Waals surface area contributed by atoms with Crippen LogP contribution in [0.25, 0.3) is 0 Å². The van der Waals surface area contributed by atoms with Gasteiger partial charge in [0.25, 0.3) is 0 Å². The summed E-state index contributed by atoms with van der Waals surface area (Å²) in [5.41, 5.74) is 0.522. The van der Waals surface area contributed by atoms with E-state index in [1.807, 2.05) is 0 Å². The Labute approximate surface area is 92.6 Å². The molecule has 4 heteroatoms. The highest BCUT2D eigenvalue weighted by molar-refractivity contribution is 7.91. The van der Waals surface area contributed by atoms with Crippen molar-refractivity contribution in [1.82, 2.24) is 5.32 Å². The summed E-state index contributed by atoms with van der Waals surface area (Å²) in [6, 6.07) is 0.435. The summed E-state index contributed by atoms with van der Waals surface area (Å²) in [7, 11) is -2.70.